The maximum atomic E-state index is 12.1. The first-order valence-electron chi connectivity index (χ1n) is 6.85. The van der Waals surface area contributed by atoms with Crippen LogP contribution in [0, 0.1) is 6.92 Å². The summed E-state index contributed by atoms with van der Waals surface area (Å²) >= 11 is 0. The van der Waals surface area contributed by atoms with Gasteiger partial charge in [-0.05, 0) is 26.8 Å². The van der Waals surface area contributed by atoms with Crippen molar-refractivity contribution >= 4 is 21.0 Å². The molecule has 1 aromatic heterocycles. The molecule has 0 spiro atoms. The summed E-state index contributed by atoms with van der Waals surface area (Å²) in [5.41, 5.74) is 1.72. The Labute approximate surface area is 125 Å². The van der Waals surface area contributed by atoms with Gasteiger partial charge in [-0.25, -0.2) is 13.1 Å². The zero-order valence-corrected chi connectivity index (χ0v) is 13.5. The molecule has 0 aliphatic rings. The molecule has 0 aliphatic carbocycles. The maximum Gasteiger partial charge on any atom is 0.214 e. The second-order valence-corrected chi connectivity index (χ2v) is 7.05. The standard InChI is InChI=1S/C15H21NO4S/c1-10(19-4)9-21(17,18)16-12(3)15-11(2)13-7-5-6-8-14(13)20-15/h5-8,10,12,16H,9H2,1-4H3/t10?,12-/m0/s1. The number of furan rings is 1. The number of hydrogen-bond donors (Lipinski definition) is 1. The number of para-hydroxylation sites is 1. The van der Waals surface area contributed by atoms with E-state index >= 15 is 0 Å². The van der Waals surface area contributed by atoms with Crippen molar-refractivity contribution in [3.8, 4) is 0 Å². The number of hydrogen-bond acceptors (Lipinski definition) is 4. The zero-order chi connectivity index (χ0) is 15.6. The van der Waals surface area contributed by atoms with Gasteiger partial charge in [0.2, 0.25) is 10.0 Å². The molecule has 21 heavy (non-hydrogen) atoms. The van der Waals surface area contributed by atoms with Crippen molar-refractivity contribution < 1.29 is 17.6 Å². The van der Waals surface area contributed by atoms with Crippen LogP contribution in [-0.4, -0.2) is 27.4 Å². The van der Waals surface area contributed by atoms with Crippen molar-refractivity contribution in [1.82, 2.24) is 4.72 Å². The number of methoxy groups -OCH3 is 1. The van der Waals surface area contributed by atoms with E-state index in [1.54, 1.807) is 13.8 Å². The molecule has 0 amide bonds. The van der Waals surface area contributed by atoms with Gasteiger partial charge < -0.3 is 9.15 Å². The Hall–Kier alpha value is -1.37. The van der Waals surface area contributed by atoms with Gasteiger partial charge in [0.15, 0.2) is 0 Å². The molecule has 6 heteroatoms. The van der Waals surface area contributed by atoms with Crippen LogP contribution < -0.4 is 4.72 Å². The van der Waals surface area contributed by atoms with E-state index in [1.807, 2.05) is 31.2 Å². The lowest BCUT2D eigenvalue weighted by Crippen LogP contribution is -2.33. The molecular formula is C15H21NO4S. The van der Waals surface area contributed by atoms with E-state index in [2.05, 4.69) is 4.72 Å². The van der Waals surface area contributed by atoms with Crippen LogP contribution in [0.1, 0.15) is 31.2 Å². The Bertz CT molecular complexity index is 720. The molecule has 116 valence electrons. The Balaban J connectivity index is 2.23. The fourth-order valence-corrected chi connectivity index (χ4v) is 3.85. The highest BCUT2D eigenvalue weighted by Crippen LogP contribution is 2.29. The Kier molecular flexibility index (Phi) is 4.70. The fourth-order valence-electron chi connectivity index (χ4n) is 2.35. The predicted molar refractivity (Wildman–Crippen MR) is 82.8 cm³/mol. The summed E-state index contributed by atoms with van der Waals surface area (Å²) in [6.07, 6.45) is -0.355. The van der Waals surface area contributed by atoms with Crippen LogP contribution in [0.2, 0.25) is 0 Å². The number of nitrogens with one attached hydrogen (secondary N) is 1. The smallest absolute Gasteiger partial charge is 0.214 e. The van der Waals surface area contributed by atoms with Gasteiger partial charge >= 0.3 is 0 Å². The average Bonchev–Trinajstić information content (AvgIpc) is 2.75. The molecule has 2 rings (SSSR count). The number of aryl methyl sites for hydroxylation is 1. The second kappa shape index (κ2) is 6.17. The number of sulfonamides is 1. The molecule has 1 unspecified atom stereocenters. The molecular weight excluding hydrogens is 290 g/mol. The van der Waals surface area contributed by atoms with Crippen LogP contribution in [0.5, 0.6) is 0 Å². The highest BCUT2D eigenvalue weighted by molar-refractivity contribution is 7.89. The molecule has 0 radical (unpaired) electrons. The lowest BCUT2D eigenvalue weighted by molar-refractivity contribution is 0.136. The predicted octanol–water partition coefficient (Wildman–Crippen LogP) is 2.76. The maximum absolute atomic E-state index is 12.1. The van der Waals surface area contributed by atoms with Gasteiger partial charge in [0.25, 0.3) is 0 Å². The third-order valence-electron chi connectivity index (χ3n) is 3.49. The molecule has 0 fully saturated rings. The summed E-state index contributed by atoms with van der Waals surface area (Å²) in [6, 6.07) is 7.24. The second-order valence-electron chi connectivity index (χ2n) is 5.25. The fraction of sp³-hybridized carbons (Fsp3) is 0.467. The van der Waals surface area contributed by atoms with Crippen LogP contribution in [0.25, 0.3) is 11.0 Å². The van der Waals surface area contributed by atoms with Gasteiger partial charge in [0.05, 0.1) is 17.9 Å². The quantitative estimate of drug-likeness (QED) is 0.890. The highest BCUT2D eigenvalue weighted by Gasteiger charge is 2.23. The summed E-state index contributed by atoms with van der Waals surface area (Å²) in [5, 5.41) is 1.00. The van der Waals surface area contributed by atoms with Crippen molar-refractivity contribution in [3.05, 3.63) is 35.6 Å². The van der Waals surface area contributed by atoms with Crippen molar-refractivity contribution in [1.29, 1.82) is 0 Å². The van der Waals surface area contributed by atoms with E-state index in [9.17, 15) is 8.42 Å². The first-order valence-corrected chi connectivity index (χ1v) is 8.50. The van der Waals surface area contributed by atoms with Gasteiger partial charge in [-0.15, -0.1) is 0 Å². The van der Waals surface area contributed by atoms with E-state index in [1.165, 1.54) is 7.11 Å². The summed E-state index contributed by atoms with van der Waals surface area (Å²) in [7, 11) is -1.94. The summed E-state index contributed by atoms with van der Waals surface area (Å²) in [5.74, 6) is 0.567. The van der Waals surface area contributed by atoms with Crippen molar-refractivity contribution in [3.63, 3.8) is 0 Å². The number of rotatable bonds is 6. The lowest BCUT2D eigenvalue weighted by Gasteiger charge is -2.15. The van der Waals surface area contributed by atoms with Gasteiger partial charge in [-0.1, -0.05) is 18.2 Å². The van der Waals surface area contributed by atoms with Crippen LogP contribution in [0.3, 0.4) is 0 Å². The van der Waals surface area contributed by atoms with Crippen molar-refractivity contribution in [2.24, 2.45) is 0 Å². The monoisotopic (exact) mass is 311 g/mol. The molecule has 0 aliphatic heterocycles. The molecule has 1 heterocycles. The molecule has 1 aromatic carbocycles. The minimum Gasteiger partial charge on any atom is -0.459 e. The summed E-state index contributed by atoms with van der Waals surface area (Å²) < 4.78 is 37.6. The van der Waals surface area contributed by atoms with Crippen molar-refractivity contribution in [2.75, 3.05) is 12.9 Å². The van der Waals surface area contributed by atoms with Crippen LogP contribution >= 0.6 is 0 Å². The molecule has 0 saturated heterocycles. The zero-order valence-electron chi connectivity index (χ0n) is 12.7. The first kappa shape index (κ1) is 16.0. The lowest BCUT2D eigenvalue weighted by atomic mass is 10.1. The van der Waals surface area contributed by atoms with Crippen LogP contribution in [0.15, 0.2) is 28.7 Å². The van der Waals surface area contributed by atoms with Crippen LogP contribution in [0.4, 0.5) is 0 Å². The van der Waals surface area contributed by atoms with E-state index in [-0.39, 0.29) is 11.9 Å². The first-order chi connectivity index (χ1) is 9.84. The molecule has 1 N–H and O–H groups in total. The third-order valence-corrected chi connectivity index (χ3v) is 5.11. The van der Waals surface area contributed by atoms with E-state index in [0.29, 0.717) is 5.76 Å². The molecule has 0 bridgehead atoms. The normalized spacial score (nSPS) is 15.2. The van der Waals surface area contributed by atoms with Crippen LogP contribution in [-0.2, 0) is 14.8 Å². The largest absolute Gasteiger partial charge is 0.459 e. The highest BCUT2D eigenvalue weighted by atomic mass is 32.2. The molecule has 2 atom stereocenters. The van der Waals surface area contributed by atoms with Crippen molar-refractivity contribution in [2.45, 2.75) is 32.9 Å². The minimum absolute atomic E-state index is 0.0763. The molecule has 5 nitrogen and oxygen atoms in total. The Morgan fingerprint density at radius 1 is 1.29 bits per heavy atom. The minimum atomic E-state index is -3.43. The Morgan fingerprint density at radius 2 is 1.95 bits per heavy atom. The average molecular weight is 311 g/mol. The Morgan fingerprint density at radius 3 is 2.57 bits per heavy atom. The topological polar surface area (TPSA) is 68.5 Å². The van der Waals surface area contributed by atoms with E-state index in [4.69, 9.17) is 9.15 Å². The molecule has 0 saturated carbocycles. The summed E-state index contributed by atoms with van der Waals surface area (Å²) in [4.78, 5) is 0. The third kappa shape index (κ3) is 3.64. The number of fused-ring (bicyclic) bond motifs is 1. The SMILES string of the molecule is COC(C)CS(=O)(=O)N[C@@H](C)c1oc2ccccc2c1C. The number of ether oxygens (including phenoxy) is 1. The number of benzene rings is 1. The van der Waals surface area contributed by atoms with Gasteiger partial charge in [-0.3, -0.25) is 0 Å². The van der Waals surface area contributed by atoms with E-state index < -0.39 is 16.1 Å². The van der Waals surface area contributed by atoms with E-state index in [0.717, 1.165) is 16.5 Å². The van der Waals surface area contributed by atoms with Gasteiger partial charge in [0, 0.05) is 18.1 Å². The summed E-state index contributed by atoms with van der Waals surface area (Å²) in [6.45, 7) is 5.43. The molecule has 2 aromatic rings. The van der Waals surface area contributed by atoms with Gasteiger partial charge in [0.1, 0.15) is 11.3 Å². The van der Waals surface area contributed by atoms with Gasteiger partial charge in [-0.2, -0.15) is 0 Å².